The molecule has 4 rings (SSSR count). The van der Waals surface area contributed by atoms with E-state index in [1.807, 2.05) is 19.9 Å². The van der Waals surface area contributed by atoms with Gasteiger partial charge in [0.1, 0.15) is 11.6 Å². The maximum atomic E-state index is 14.5. The first kappa shape index (κ1) is 23.5. The zero-order chi connectivity index (χ0) is 23.9. The van der Waals surface area contributed by atoms with Crippen LogP contribution in [0.15, 0.2) is 42.5 Å². The maximum absolute atomic E-state index is 14.5. The summed E-state index contributed by atoms with van der Waals surface area (Å²) in [7, 11) is 0. The van der Waals surface area contributed by atoms with Gasteiger partial charge in [-0.3, -0.25) is 4.79 Å². The third kappa shape index (κ3) is 5.44. The quantitative estimate of drug-likeness (QED) is 0.460. The second-order valence-corrected chi connectivity index (χ2v) is 7.99. The van der Waals surface area contributed by atoms with E-state index in [1.165, 1.54) is 12.1 Å². The van der Waals surface area contributed by atoms with E-state index in [1.54, 1.807) is 30.3 Å². The number of amides is 1. The van der Waals surface area contributed by atoms with Crippen molar-refractivity contribution in [3.8, 4) is 22.9 Å². The van der Waals surface area contributed by atoms with E-state index in [0.29, 0.717) is 36.1 Å². The molecule has 0 radical (unpaired) electrons. The van der Waals surface area contributed by atoms with Crippen molar-refractivity contribution < 1.29 is 18.7 Å². The van der Waals surface area contributed by atoms with Gasteiger partial charge < -0.3 is 19.4 Å². The van der Waals surface area contributed by atoms with Gasteiger partial charge in [0.05, 0.1) is 18.9 Å². The summed E-state index contributed by atoms with van der Waals surface area (Å²) in [5.74, 6) is 1.95. The molecule has 2 aromatic carbocycles. The first-order valence-corrected chi connectivity index (χ1v) is 11.7. The van der Waals surface area contributed by atoms with Crippen molar-refractivity contribution in [3.63, 3.8) is 0 Å². The van der Waals surface area contributed by atoms with Crippen molar-refractivity contribution in [1.29, 1.82) is 0 Å². The Kier molecular flexibility index (Phi) is 7.57. The van der Waals surface area contributed by atoms with Gasteiger partial charge in [-0.05, 0) is 68.7 Å². The summed E-state index contributed by atoms with van der Waals surface area (Å²) >= 11 is 0. The predicted molar refractivity (Wildman–Crippen MR) is 129 cm³/mol. The lowest BCUT2D eigenvalue weighted by molar-refractivity contribution is -0.111. The summed E-state index contributed by atoms with van der Waals surface area (Å²) in [6.45, 7) is 5.66. The molecule has 3 aromatic rings. The second kappa shape index (κ2) is 11.0. The molecule has 0 bridgehead atoms. The molecule has 1 N–H and O–H groups in total. The van der Waals surface area contributed by atoms with Crippen LogP contribution in [0.25, 0.3) is 17.5 Å². The monoisotopic (exact) mass is 464 g/mol. The van der Waals surface area contributed by atoms with Gasteiger partial charge in [-0.25, -0.2) is 4.39 Å². The first-order chi connectivity index (χ1) is 16.6. The Bertz CT molecular complexity index is 1190. The number of nitrogens with one attached hydrogen (secondary N) is 1. The van der Waals surface area contributed by atoms with Crippen molar-refractivity contribution in [1.82, 2.24) is 14.8 Å². The molecule has 8 heteroatoms. The Morgan fingerprint density at radius 3 is 2.71 bits per heavy atom. The number of anilines is 1. The Morgan fingerprint density at radius 1 is 1.06 bits per heavy atom. The Morgan fingerprint density at radius 2 is 1.88 bits per heavy atom. The van der Waals surface area contributed by atoms with Gasteiger partial charge in [-0.2, -0.15) is 0 Å². The van der Waals surface area contributed by atoms with Crippen LogP contribution in [0.2, 0.25) is 0 Å². The lowest BCUT2D eigenvalue weighted by Crippen LogP contribution is -2.10. The number of fused-ring (bicyclic) bond motifs is 1. The summed E-state index contributed by atoms with van der Waals surface area (Å²) in [5, 5.41) is 11.3. The van der Waals surface area contributed by atoms with E-state index in [9.17, 15) is 9.18 Å². The maximum Gasteiger partial charge on any atom is 0.248 e. The highest BCUT2D eigenvalue weighted by Gasteiger charge is 2.17. The summed E-state index contributed by atoms with van der Waals surface area (Å²) in [4.78, 5) is 12.5. The number of aryl methyl sites for hydroxylation is 1. The zero-order valence-corrected chi connectivity index (χ0v) is 19.5. The number of carbonyl (C=O) groups is 1. The van der Waals surface area contributed by atoms with Crippen LogP contribution in [0.5, 0.6) is 11.5 Å². The minimum absolute atomic E-state index is 0.0971. The lowest BCUT2D eigenvalue weighted by atomic mass is 10.1. The molecule has 1 amide bonds. The van der Waals surface area contributed by atoms with E-state index in [0.717, 1.165) is 43.6 Å². The largest absolute Gasteiger partial charge is 0.490 e. The molecule has 0 atom stereocenters. The van der Waals surface area contributed by atoms with Gasteiger partial charge in [-0.15, -0.1) is 10.2 Å². The van der Waals surface area contributed by atoms with Gasteiger partial charge in [0.25, 0.3) is 0 Å². The number of aromatic nitrogens is 3. The van der Waals surface area contributed by atoms with Crippen molar-refractivity contribution in [2.45, 2.75) is 46.1 Å². The standard InChI is InChI=1S/C26H29FN4O3/c1-3-33-22-13-9-18(16-23(22)34-4-2)10-14-25(32)28-21-17-19(11-12-20(21)27)26-30-29-24-8-6-5-7-15-31(24)26/h9-14,16-17H,3-8,15H2,1-2H3,(H,28,32)/b14-10+. The topological polar surface area (TPSA) is 78.3 Å². The number of nitrogens with zero attached hydrogens (tertiary/aromatic N) is 3. The molecule has 0 aliphatic carbocycles. The minimum Gasteiger partial charge on any atom is -0.490 e. The first-order valence-electron chi connectivity index (χ1n) is 11.7. The number of hydrogen-bond acceptors (Lipinski definition) is 5. The highest BCUT2D eigenvalue weighted by atomic mass is 19.1. The van der Waals surface area contributed by atoms with Crippen molar-refractivity contribution >= 4 is 17.7 Å². The third-order valence-electron chi connectivity index (χ3n) is 5.59. The molecule has 0 saturated carbocycles. The molecule has 2 heterocycles. The number of benzene rings is 2. The third-order valence-corrected chi connectivity index (χ3v) is 5.59. The smallest absolute Gasteiger partial charge is 0.248 e. The molecule has 34 heavy (non-hydrogen) atoms. The highest BCUT2D eigenvalue weighted by molar-refractivity contribution is 6.02. The normalized spacial score (nSPS) is 13.4. The van der Waals surface area contributed by atoms with Crippen LogP contribution in [0.3, 0.4) is 0 Å². The lowest BCUT2D eigenvalue weighted by Gasteiger charge is -2.11. The van der Waals surface area contributed by atoms with Crippen molar-refractivity contribution in [2.24, 2.45) is 0 Å². The van der Waals surface area contributed by atoms with Gasteiger partial charge in [0, 0.05) is 24.6 Å². The number of halogens is 1. The molecule has 178 valence electrons. The zero-order valence-electron chi connectivity index (χ0n) is 19.5. The van der Waals surface area contributed by atoms with E-state index in [-0.39, 0.29) is 5.69 Å². The molecule has 0 fully saturated rings. The van der Waals surface area contributed by atoms with Crippen molar-refractivity contribution in [2.75, 3.05) is 18.5 Å². The molecule has 0 unspecified atom stereocenters. The van der Waals surface area contributed by atoms with Crippen LogP contribution in [0.4, 0.5) is 10.1 Å². The Hall–Kier alpha value is -3.68. The molecule has 0 spiro atoms. The number of rotatable bonds is 8. The van der Waals surface area contributed by atoms with Crippen LogP contribution in [-0.4, -0.2) is 33.9 Å². The summed E-state index contributed by atoms with van der Waals surface area (Å²) < 4.78 is 27.8. The fourth-order valence-electron chi connectivity index (χ4n) is 3.98. The van der Waals surface area contributed by atoms with Gasteiger partial charge >= 0.3 is 0 Å². The van der Waals surface area contributed by atoms with Crippen LogP contribution >= 0.6 is 0 Å². The highest BCUT2D eigenvalue weighted by Crippen LogP contribution is 2.29. The molecule has 1 aliphatic heterocycles. The molecule has 1 aliphatic rings. The molecule has 7 nitrogen and oxygen atoms in total. The van der Waals surface area contributed by atoms with Crippen LogP contribution < -0.4 is 14.8 Å². The van der Waals surface area contributed by atoms with E-state index in [4.69, 9.17) is 9.47 Å². The number of ether oxygens (including phenoxy) is 2. The Balaban J connectivity index is 1.50. The Labute approximate surface area is 198 Å². The van der Waals surface area contributed by atoms with Crippen LogP contribution in [-0.2, 0) is 17.8 Å². The average molecular weight is 465 g/mol. The molecule has 1 aromatic heterocycles. The molecule has 0 saturated heterocycles. The minimum atomic E-state index is -0.513. The van der Waals surface area contributed by atoms with Gasteiger partial charge in [0.2, 0.25) is 5.91 Å². The summed E-state index contributed by atoms with van der Waals surface area (Å²) in [6, 6.07) is 10.0. The average Bonchev–Trinajstić information content (AvgIpc) is 3.09. The van der Waals surface area contributed by atoms with E-state index < -0.39 is 11.7 Å². The summed E-state index contributed by atoms with van der Waals surface area (Å²) in [6.07, 6.45) is 7.20. The molecular weight excluding hydrogens is 435 g/mol. The summed E-state index contributed by atoms with van der Waals surface area (Å²) in [5.41, 5.74) is 1.58. The fourth-order valence-corrected chi connectivity index (χ4v) is 3.98. The molecular formula is C26H29FN4O3. The van der Waals surface area contributed by atoms with Gasteiger partial charge in [-0.1, -0.05) is 12.5 Å². The van der Waals surface area contributed by atoms with Gasteiger partial charge in [0.15, 0.2) is 17.3 Å². The second-order valence-electron chi connectivity index (χ2n) is 7.99. The van der Waals surface area contributed by atoms with E-state index in [2.05, 4.69) is 20.1 Å². The van der Waals surface area contributed by atoms with E-state index >= 15 is 0 Å². The SMILES string of the molecule is CCOc1ccc(/C=C/C(=O)Nc2cc(-c3nnc4n3CCCCC4)ccc2F)cc1OCC. The van der Waals surface area contributed by atoms with Crippen molar-refractivity contribution in [3.05, 3.63) is 59.7 Å². The van der Waals surface area contributed by atoms with Crippen LogP contribution in [0, 0.1) is 5.82 Å². The number of hydrogen-bond donors (Lipinski definition) is 1. The van der Waals surface area contributed by atoms with Crippen LogP contribution in [0.1, 0.15) is 44.5 Å². The number of carbonyl (C=O) groups excluding carboxylic acids is 1. The predicted octanol–water partition coefficient (Wildman–Crippen LogP) is 5.26. The fraction of sp³-hybridized carbons (Fsp3) is 0.346.